The SMILES string of the molecule is CC(=O)N[C@@H](Cc1cnc[nH]1)C(=O)NCC1(c2cccc(F)c2)CCCC1. The second-order valence-corrected chi connectivity index (χ2v) is 7.25. The van der Waals surface area contributed by atoms with Crippen LogP contribution in [0, 0.1) is 5.82 Å². The average molecular weight is 372 g/mol. The van der Waals surface area contributed by atoms with Gasteiger partial charge in [-0.1, -0.05) is 25.0 Å². The monoisotopic (exact) mass is 372 g/mol. The summed E-state index contributed by atoms with van der Waals surface area (Å²) in [6.07, 6.45) is 7.41. The van der Waals surface area contributed by atoms with E-state index in [-0.39, 0.29) is 23.0 Å². The van der Waals surface area contributed by atoms with Crippen molar-refractivity contribution in [3.63, 3.8) is 0 Å². The van der Waals surface area contributed by atoms with Crippen molar-refractivity contribution in [1.82, 2.24) is 20.6 Å². The van der Waals surface area contributed by atoms with Gasteiger partial charge in [0, 0.05) is 37.2 Å². The molecule has 1 aliphatic rings. The lowest BCUT2D eigenvalue weighted by molar-refractivity contribution is -0.128. The number of halogens is 1. The number of hydrogen-bond acceptors (Lipinski definition) is 3. The van der Waals surface area contributed by atoms with Crippen LogP contribution in [-0.2, 0) is 21.4 Å². The lowest BCUT2D eigenvalue weighted by Gasteiger charge is -2.31. The molecule has 3 rings (SSSR count). The Labute approximate surface area is 158 Å². The highest BCUT2D eigenvalue weighted by Crippen LogP contribution is 2.40. The van der Waals surface area contributed by atoms with E-state index < -0.39 is 6.04 Å². The summed E-state index contributed by atoms with van der Waals surface area (Å²) < 4.78 is 13.7. The number of benzene rings is 1. The molecule has 6 nitrogen and oxygen atoms in total. The molecule has 0 radical (unpaired) electrons. The smallest absolute Gasteiger partial charge is 0.243 e. The standard InChI is InChI=1S/C20H25FN4O2/c1-14(26)25-18(10-17-11-22-13-24-17)19(27)23-12-20(7-2-3-8-20)15-5-4-6-16(21)9-15/h4-6,9,11,13,18H,2-3,7-8,10,12H2,1H3,(H,22,24)(H,23,27)(H,25,26)/t18-/m0/s1. The van der Waals surface area contributed by atoms with E-state index in [2.05, 4.69) is 20.6 Å². The number of aromatic nitrogens is 2. The Morgan fingerprint density at radius 1 is 1.33 bits per heavy atom. The molecule has 1 aromatic carbocycles. The molecule has 1 atom stereocenters. The predicted molar refractivity (Wildman–Crippen MR) is 99.5 cm³/mol. The number of nitrogens with one attached hydrogen (secondary N) is 3. The molecular formula is C20H25FN4O2. The zero-order chi connectivity index (χ0) is 19.3. The first-order valence-electron chi connectivity index (χ1n) is 9.27. The molecule has 0 unspecified atom stereocenters. The molecular weight excluding hydrogens is 347 g/mol. The van der Waals surface area contributed by atoms with Crippen LogP contribution in [0.5, 0.6) is 0 Å². The van der Waals surface area contributed by atoms with Gasteiger partial charge in [-0.05, 0) is 30.5 Å². The topological polar surface area (TPSA) is 86.9 Å². The van der Waals surface area contributed by atoms with Gasteiger partial charge < -0.3 is 15.6 Å². The number of imidazole rings is 1. The van der Waals surface area contributed by atoms with E-state index in [4.69, 9.17) is 0 Å². The fourth-order valence-corrected chi connectivity index (χ4v) is 3.89. The fraction of sp³-hybridized carbons (Fsp3) is 0.450. The molecule has 1 aromatic heterocycles. The van der Waals surface area contributed by atoms with Crippen LogP contribution in [0.25, 0.3) is 0 Å². The molecule has 7 heteroatoms. The predicted octanol–water partition coefficient (Wildman–Crippen LogP) is 2.22. The summed E-state index contributed by atoms with van der Waals surface area (Å²) in [7, 11) is 0. The van der Waals surface area contributed by atoms with E-state index >= 15 is 0 Å². The fourth-order valence-electron chi connectivity index (χ4n) is 3.89. The molecule has 1 fully saturated rings. The van der Waals surface area contributed by atoms with Crippen LogP contribution >= 0.6 is 0 Å². The van der Waals surface area contributed by atoms with Crippen LogP contribution in [0.15, 0.2) is 36.8 Å². The van der Waals surface area contributed by atoms with Gasteiger partial charge in [-0.15, -0.1) is 0 Å². The molecule has 1 aliphatic carbocycles. The van der Waals surface area contributed by atoms with Gasteiger partial charge in [-0.2, -0.15) is 0 Å². The molecule has 1 saturated carbocycles. The summed E-state index contributed by atoms with van der Waals surface area (Å²) >= 11 is 0. The lowest BCUT2D eigenvalue weighted by Crippen LogP contribution is -2.50. The Morgan fingerprint density at radius 2 is 2.11 bits per heavy atom. The van der Waals surface area contributed by atoms with Gasteiger partial charge in [0.2, 0.25) is 11.8 Å². The highest BCUT2D eigenvalue weighted by Gasteiger charge is 2.36. The van der Waals surface area contributed by atoms with Crippen molar-refractivity contribution < 1.29 is 14.0 Å². The summed E-state index contributed by atoms with van der Waals surface area (Å²) in [5.41, 5.74) is 1.43. The maximum Gasteiger partial charge on any atom is 0.243 e. The zero-order valence-electron chi connectivity index (χ0n) is 15.4. The van der Waals surface area contributed by atoms with Crippen molar-refractivity contribution in [2.45, 2.75) is 50.5 Å². The zero-order valence-corrected chi connectivity index (χ0v) is 15.4. The number of nitrogens with zero attached hydrogens (tertiary/aromatic N) is 1. The van der Waals surface area contributed by atoms with Crippen LogP contribution in [0.3, 0.4) is 0 Å². The molecule has 0 saturated heterocycles. The summed E-state index contributed by atoms with van der Waals surface area (Å²) in [4.78, 5) is 31.2. The first-order chi connectivity index (χ1) is 13.0. The number of aromatic amines is 1. The maximum atomic E-state index is 13.7. The van der Waals surface area contributed by atoms with Crippen LogP contribution in [0.4, 0.5) is 4.39 Å². The third kappa shape index (κ3) is 4.72. The van der Waals surface area contributed by atoms with Gasteiger partial charge in [0.25, 0.3) is 0 Å². The second kappa shape index (κ2) is 8.33. The largest absolute Gasteiger partial charge is 0.353 e. The number of amides is 2. The van der Waals surface area contributed by atoms with E-state index in [9.17, 15) is 14.0 Å². The van der Waals surface area contributed by atoms with E-state index in [1.54, 1.807) is 18.3 Å². The van der Waals surface area contributed by atoms with Gasteiger partial charge in [0.15, 0.2) is 0 Å². The van der Waals surface area contributed by atoms with Crippen LogP contribution in [0.2, 0.25) is 0 Å². The quantitative estimate of drug-likeness (QED) is 0.696. The van der Waals surface area contributed by atoms with Crippen molar-refractivity contribution >= 4 is 11.8 Å². The summed E-state index contributed by atoms with van der Waals surface area (Å²) in [5.74, 6) is -0.779. The molecule has 0 spiro atoms. The lowest BCUT2D eigenvalue weighted by atomic mass is 9.78. The first-order valence-corrected chi connectivity index (χ1v) is 9.27. The highest BCUT2D eigenvalue weighted by molar-refractivity contribution is 5.87. The third-order valence-corrected chi connectivity index (χ3v) is 5.27. The Balaban J connectivity index is 1.71. The number of carbonyl (C=O) groups is 2. The Bertz CT molecular complexity index is 785. The van der Waals surface area contributed by atoms with Gasteiger partial charge in [0.1, 0.15) is 11.9 Å². The van der Waals surface area contributed by atoms with Crippen molar-refractivity contribution in [3.05, 3.63) is 53.9 Å². The summed E-state index contributed by atoms with van der Waals surface area (Å²) in [6, 6.07) is 5.95. The molecule has 0 bridgehead atoms. The Kier molecular flexibility index (Phi) is 5.88. The molecule has 2 amide bonds. The first kappa shape index (κ1) is 19.1. The van der Waals surface area contributed by atoms with Gasteiger partial charge >= 0.3 is 0 Å². The summed E-state index contributed by atoms with van der Waals surface area (Å²) in [5, 5.41) is 5.69. The normalized spacial score (nSPS) is 16.7. The van der Waals surface area contributed by atoms with Gasteiger partial charge in [0.05, 0.1) is 6.33 Å². The maximum absolute atomic E-state index is 13.7. The number of rotatable bonds is 7. The van der Waals surface area contributed by atoms with Gasteiger partial charge in [-0.25, -0.2) is 9.37 Å². The highest BCUT2D eigenvalue weighted by atomic mass is 19.1. The van der Waals surface area contributed by atoms with Crippen molar-refractivity contribution in [2.24, 2.45) is 0 Å². The van der Waals surface area contributed by atoms with E-state index in [1.807, 2.05) is 6.07 Å². The Hall–Kier alpha value is -2.70. The van der Waals surface area contributed by atoms with E-state index in [1.165, 1.54) is 19.3 Å². The minimum atomic E-state index is -0.686. The van der Waals surface area contributed by atoms with E-state index in [0.29, 0.717) is 13.0 Å². The number of hydrogen-bond donors (Lipinski definition) is 3. The molecule has 0 aliphatic heterocycles. The van der Waals surface area contributed by atoms with Crippen LogP contribution < -0.4 is 10.6 Å². The Morgan fingerprint density at radius 3 is 2.74 bits per heavy atom. The molecule has 27 heavy (non-hydrogen) atoms. The average Bonchev–Trinajstić information content (AvgIpc) is 3.31. The summed E-state index contributed by atoms with van der Waals surface area (Å²) in [6.45, 7) is 1.81. The minimum absolute atomic E-state index is 0.248. The van der Waals surface area contributed by atoms with Crippen molar-refractivity contribution in [2.75, 3.05) is 6.54 Å². The second-order valence-electron chi connectivity index (χ2n) is 7.25. The number of carbonyl (C=O) groups excluding carboxylic acids is 2. The van der Waals surface area contributed by atoms with Crippen LogP contribution in [-0.4, -0.2) is 34.4 Å². The van der Waals surface area contributed by atoms with Gasteiger partial charge in [-0.3, -0.25) is 9.59 Å². The third-order valence-electron chi connectivity index (χ3n) is 5.27. The molecule has 144 valence electrons. The molecule has 1 heterocycles. The molecule has 3 N–H and O–H groups in total. The van der Waals surface area contributed by atoms with E-state index in [0.717, 1.165) is 36.9 Å². The number of H-pyrrole nitrogens is 1. The molecule has 2 aromatic rings. The van der Waals surface area contributed by atoms with Crippen molar-refractivity contribution in [1.29, 1.82) is 0 Å². The van der Waals surface area contributed by atoms with Crippen LogP contribution in [0.1, 0.15) is 43.9 Å². The minimum Gasteiger partial charge on any atom is -0.353 e. The van der Waals surface area contributed by atoms with Crippen molar-refractivity contribution in [3.8, 4) is 0 Å².